The smallest absolute Gasteiger partial charge is 0.329 e. The number of carboxylic acids is 1. The molecule has 1 aromatic rings. The summed E-state index contributed by atoms with van der Waals surface area (Å²) < 4.78 is 1.79. The molecule has 1 N–H and O–H groups in total. The molecule has 1 saturated carbocycles. The van der Waals surface area contributed by atoms with Crippen molar-refractivity contribution in [1.82, 2.24) is 4.57 Å². The van der Waals surface area contributed by atoms with Gasteiger partial charge >= 0.3 is 5.97 Å². The number of nitrogens with zero attached hydrogens (tertiary/aromatic N) is 1. The molecule has 86 valence electrons. The zero-order chi connectivity index (χ0) is 11.9. The van der Waals surface area contributed by atoms with Crippen molar-refractivity contribution in [2.75, 3.05) is 0 Å². The molecule has 0 amide bonds. The van der Waals surface area contributed by atoms with E-state index in [1.54, 1.807) is 18.4 Å². The maximum absolute atomic E-state index is 11.4. The summed E-state index contributed by atoms with van der Waals surface area (Å²) in [6, 6.07) is 2.99. The van der Waals surface area contributed by atoms with Gasteiger partial charge in [0.1, 0.15) is 5.54 Å². The summed E-state index contributed by atoms with van der Waals surface area (Å²) in [5.74, 6) is -0.798. The van der Waals surface area contributed by atoms with E-state index in [0.717, 1.165) is 17.8 Å². The summed E-state index contributed by atoms with van der Waals surface area (Å²) in [6.45, 7) is 3.58. The van der Waals surface area contributed by atoms with Gasteiger partial charge in [-0.15, -0.1) is 0 Å². The van der Waals surface area contributed by atoms with Crippen LogP contribution in [0.25, 0.3) is 0 Å². The standard InChI is InChI=1S/C12H15NO3/c1-8-6-10(14)7-9(2)13(8)12(11(15)16)4-3-5-12/h6-7H,3-5H2,1-2H3,(H,15,16). The molecule has 4 heteroatoms. The Morgan fingerprint density at radius 2 is 1.81 bits per heavy atom. The third-order valence-corrected chi connectivity index (χ3v) is 3.41. The number of aromatic nitrogens is 1. The van der Waals surface area contributed by atoms with Crippen LogP contribution < -0.4 is 5.43 Å². The molecule has 4 nitrogen and oxygen atoms in total. The quantitative estimate of drug-likeness (QED) is 0.821. The molecule has 0 radical (unpaired) electrons. The van der Waals surface area contributed by atoms with Gasteiger partial charge in [-0.25, -0.2) is 4.79 Å². The number of hydrogen-bond acceptors (Lipinski definition) is 2. The first kappa shape index (κ1) is 10.9. The maximum Gasteiger partial charge on any atom is 0.329 e. The van der Waals surface area contributed by atoms with Crippen LogP contribution in [0.3, 0.4) is 0 Å². The zero-order valence-electron chi connectivity index (χ0n) is 9.49. The van der Waals surface area contributed by atoms with E-state index in [9.17, 15) is 14.7 Å². The molecule has 2 rings (SSSR count). The fraction of sp³-hybridized carbons (Fsp3) is 0.500. The zero-order valence-corrected chi connectivity index (χ0v) is 9.49. The van der Waals surface area contributed by atoms with Crippen LogP contribution >= 0.6 is 0 Å². The van der Waals surface area contributed by atoms with Crippen molar-refractivity contribution in [3.63, 3.8) is 0 Å². The van der Waals surface area contributed by atoms with Gasteiger partial charge in [-0.3, -0.25) is 4.79 Å². The Bertz CT molecular complexity index is 471. The SMILES string of the molecule is Cc1cc(=O)cc(C)n1C1(C(=O)O)CCC1. The Balaban J connectivity index is 2.63. The van der Waals surface area contributed by atoms with Crippen molar-refractivity contribution in [2.24, 2.45) is 0 Å². The first-order chi connectivity index (χ1) is 7.47. The van der Waals surface area contributed by atoms with E-state index in [-0.39, 0.29) is 5.43 Å². The van der Waals surface area contributed by atoms with E-state index in [1.165, 1.54) is 12.1 Å². The first-order valence-corrected chi connectivity index (χ1v) is 5.41. The number of carbonyl (C=O) groups is 1. The Kier molecular flexibility index (Phi) is 2.37. The van der Waals surface area contributed by atoms with Gasteiger partial charge in [0.05, 0.1) is 0 Å². The Morgan fingerprint density at radius 1 is 1.31 bits per heavy atom. The third kappa shape index (κ3) is 1.37. The van der Waals surface area contributed by atoms with Gasteiger partial charge in [-0.1, -0.05) is 0 Å². The number of aliphatic carboxylic acids is 1. The van der Waals surface area contributed by atoms with Gasteiger partial charge in [0.25, 0.3) is 0 Å². The van der Waals surface area contributed by atoms with Gasteiger partial charge in [0, 0.05) is 23.5 Å². The van der Waals surface area contributed by atoms with E-state index < -0.39 is 11.5 Å². The minimum Gasteiger partial charge on any atom is -0.479 e. The van der Waals surface area contributed by atoms with Gasteiger partial charge in [0.2, 0.25) is 0 Å². The topological polar surface area (TPSA) is 59.3 Å². The molecule has 1 aliphatic carbocycles. The van der Waals surface area contributed by atoms with Crippen LogP contribution in [0.5, 0.6) is 0 Å². The predicted octanol–water partition coefficient (Wildman–Crippen LogP) is 1.43. The highest BCUT2D eigenvalue weighted by atomic mass is 16.4. The highest BCUT2D eigenvalue weighted by Crippen LogP contribution is 2.40. The van der Waals surface area contributed by atoms with Crippen molar-refractivity contribution < 1.29 is 9.90 Å². The molecule has 1 heterocycles. The second kappa shape index (κ2) is 3.47. The second-order valence-electron chi connectivity index (χ2n) is 4.50. The van der Waals surface area contributed by atoms with Crippen LogP contribution in [0.4, 0.5) is 0 Å². The van der Waals surface area contributed by atoms with E-state index in [0.29, 0.717) is 12.8 Å². The fourth-order valence-electron chi connectivity index (χ4n) is 2.58. The number of hydrogen-bond donors (Lipinski definition) is 1. The van der Waals surface area contributed by atoms with Crippen LogP contribution in [0.2, 0.25) is 0 Å². The molecule has 0 bridgehead atoms. The van der Waals surface area contributed by atoms with Gasteiger partial charge in [-0.05, 0) is 33.1 Å². The molecule has 0 aromatic carbocycles. The summed E-state index contributed by atoms with van der Waals surface area (Å²) in [5.41, 5.74) is 0.576. The molecule has 0 spiro atoms. The van der Waals surface area contributed by atoms with Gasteiger partial charge in [0.15, 0.2) is 5.43 Å². The minimum atomic E-state index is -0.818. The molecule has 1 aromatic heterocycles. The minimum absolute atomic E-state index is 0.0638. The molecule has 0 aliphatic heterocycles. The van der Waals surface area contributed by atoms with Crippen molar-refractivity contribution in [2.45, 2.75) is 38.6 Å². The largest absolute Gasteiger partial charge is 0.479 e. The van der Waals surface area contributed by atoms with E-state index >= 15 is 0 Å². The van der Waals surface area contributed by atoms with Gasteiger partial charge in [-0.2, -0.15) is 0 Å². The van der Waals surface area contributed by atoms with Crippen molar-refractivity contribution in [1.29, 1.82) is 0 Å². The van der Waals surface area contributed by atoms with Crippen molar-refractivity contribution in [3.8, 4) is 0 Å². The predicted molar refractivity (Wildman–Crippen MR) is 59.6 cm³/mol. The van der Waals surface area contributed by atoms with Crippen LogP contribution in [0, 0.1) is 13.8 Å². The monoisotopic (exact) mass is 221 g/mol. The average molecular weight is 221 g/mol. The molecular formula is C12H15NO3. The van der Waals surface area contributed by atoms with E-state index in [4.69, 9.17) is 0 Å². The lowest BCUT2D eigenvalue weighted by Crippen LogP contribution is -2.49. The number of carboxylic acid groups (broad SMARTS) is 1. The highest BCUT2D eigenvalue weighted by molar-refractivity contribution is 5.78. The molecule has 1 fully saturated rings. The molecule has 0 saturated heterocycles. The fourth-order valence-corrected chi connectivity index (χ4v) is 2.58. The van der Waals surface area contributed by atoms with Crippen LogP contribution in [-0.4, -0.2) is 15.6 Å². The summed E-state index contributed by atoms with van der Waals surface area (Å²) in [7, 11) is 0. The van der Waals surface area contributed by atoms with Crippen LogP contribution in [-0.2, 0) is 10.3 Å². The number of pyridine rings is 1. The van der Waals surface area contributed by atoms with Crippen molar-refractivity contribution in [3.05, 3.63) is 33.7 Å². The molecule has 16 heavy (non-hydrogen) atoms. The summed E-state index contributed by atoms with van der Waals surface area (Å²) in [6.07, 6.45) is 2.22. The highest BCUT2D eigenvalue weighted by Gasteiger charge is 2.46. The lowest BCUT2D eigenvalue weighted by atomic mass is 9.76. The number of aryl methyl sites for hydroxylation is 2. The summed E-state index contributed by atoms with van der Waals surface area (Å²) in [4.78, 5) is 22.7. The Morgan fingerprint density at radius 3 is 2.12 bits per heavy atom. The third-order valence-electron chi connectivity index (χ3n) is 3.41. The maximum atomic E-state index is 11.4. The van der Waals surface area contributed by atoms with Gasteiger partial charge < -0.3 is 9.67 Å². The summed E-state index contributed by atoms with van der Waals surface area (Å²) >= 11 is 0. The molecular weight excluding hydrogens is 206 g/mol. The Hall–Kier alpha value is -1.58. The summed E-state index contributed by atoms with van der Waals surface area (Å²) in [5, 5.41) is 9.36. The lowest BCUT2D eigenvalue weighted by molar-refractivity contribution is -0.152. The molecule has 0 unspecified atom stereocenters. The van der Waals surface area contributed by atoms with Crippen molar-refractivity contribution >= 4 is 5.97 Å². The van der Waals surface area contributed by atoms with Crippen LogP contribution in [0.1, 0.15) is 30.7 Å². The van der Waals surface area contributed by atoms with E-state index in [2.05, 4.69) is 0 Å². The Labute approximate surface area is 93.5 Å². The second-order valence-corrected chi connectivity index (χ2v) is 4.50. The van der Waals surface area contributed by atoms with E-state index in [1.807, 2.05) is 0 Å². The normalized spacial score (nSPS) is 17.9. The number of rotatable bonds is 2. The average Bonchev–Trinajstić information content (AvgIpc) is 2.06. The van der Waals surface area contributed by atoms with Crippen LogP contribution in [0.15, 0.2) is 16.9 Å². The molecule has 0 atom stereocenters. The lowest BCUT2D eigenvalue weighted by Gasteiger charge is -2.42. The first-order valence-electron chi connectivity index (χ1n) is 5.41. The molecule has 1 aliphatic rings.